The summed E-state index contributed by atoms with van der Waals surface area (Å²) in [7, 11) is 0. The van der Waals surface area contributed by atoms with Crippen molar-refractivity contribution >= 4 is 29.3 Å². The highest BCUT2D eigenvalue weighted by Crippen LogP contribution is 2.53. The monoisotopic (exact) mass is 255 g/mol. The van der Waals surface area contributed by atoms with Crippen LogP contribution in [0.15, 0.2) is 0 Å². The van der Waals surface area contributed by atoms with Gasteiger partial charge in [0, 0.05) is 0 Å². The molecule has 0 spiro atoms. The van der Waals surface area contributed by atoms with Gasteiger partial charge in [-0.2, -0.15) is 22.0 Å². The van der Waals surface area contributed by atoms with Gasteiger partial charge in [0.25, 0.3) is 4.87 Å². The molecule has 1 rings (SSSR count). The SMILES string of the molecule is O=C1CSC(C(F)(F)F)(C(F)(F)Cl)N1. The molecule has 1 N–H and O–H groups in total. The Balaban J connectivity index is 3.12. The van der Waals surface area contributed by atoms with E-state index in [0.29, 0.717) is 0 Å². The molecule has 14 heavy (non-hydrogen) atoms. The third kappa shape index (κ3) is 1.65. The van der Waals surface area contributed by atoms with Crippen LogP contribution in [0.2, 0.25) is 0 Å². The van der Waals surface area contributed by atoms with Crippen LogP contribution in [0.4, 0.5) is 22.0 Å². The van der Waals surface area contributed by atoms with Gasteiger partial charge in [-0.1, -0.05) is 0 Å². The number of thioether (sulfide) groups is 1. The van der Waals surface area contributed by atoms with Crippen molar-refractivity contribution in [2.24, 2.45) is 0 Å². The summed E-state index contributed by atoms with van der Waals surface area (Å²) >= 11 is 4.10. The van der Waals surface area contributed by atoms with Gasteiger partial charge in [0.2, 0.25) is 5.91 Å². The molecule has 0 radical (unpaired) electrons. The first-order chi connectivity index (χ1) is 6.10. The van der Waals surface area contributed by atoms with E-state index >= 15 is 0 Å². The molecule has 0 aromatic rings. The number of halogens is 6. The van der Waals surface area contributed by atoms with Crippen molar-refractivity contribution in [2.75, 3.05) is 5.75 Å². The molecule has 0 saturated carbocycles. The van der Waals surface area contributed by atoms with Crippen LogP contribution in [0.25, 0.3) is 0 Å². The number of hydrogen-bond donors (Lipinski definition) is 1. The Labute approximate surface area is 84.2 Å². The molecular formula is C5H3ClF5NOS. The second-order valence-electron chi connectivity index (χ2n) is 2.51. The molecule has 1 fully saturated rings. The van der Waals surface area contributed by atoms with Crippen LogP contribution in [0.3, 0.4) is 0 Å². The van der Waals surface area contributed by atoms with E-state index in [1.54, 1.807) is 0 Å². The Morgan fingerprint density at radius 1 is 1.36 bits per heavy atom. The second kappa shape index (κ2) is 3.13. The van der Waals surface area contributed by atoms with Crippen LogP contribution in [0.1, 0.15) is 0 Å². The Hall–Kier alpha value is -0.240. The quantitative estimate of drug-likeness (QED) is 0.573. The van der Waals surface area contributed by atoms with Crippen molar-refractivity contribution in [3.05, 3.63) is 0 Å². The molecule has 0 aromatic heterocycles. The fraction of sp³-hybridized carbons (Fsp3) is 0.800. The fourth-order valence-electron chi connectivity index (χ4n) is 0.908. The van der Waals surface area contributed by atoms with Crippen molar-refractivity contribution in [3.8, 4) is 0 Å². The molecular weight excluding hydrogens is 253 g/mol. The van der Waals surface area contributed by atoms with Crippen molar-refractivity contribution in [2.45, 2.75) is 16.4 Å². The predicted octanol–water partition coefficient (Wildman–Crippen LogP) is 1.94. The van der Waals surface area contributed by atoms with Gasteiger partial charge < -0.3 is 5.32 Å². The lowest BCUT2D eigenvalue weighted by Gasteiger charge is -2.33. The van der Waals surface area contributed by atoms with E-state index < -0.39 is 28.1 Å². The molecule has 0 aliphatic carbocycles. The molecule has 0 bridgehead atoms. The average molecular weight is 256 g/mol. The highest BCUT2D eigenvalue weighted by Gasteiger charge is 2.72. The number of carbonyl (C=O) groups is 1. The zero-order valence-electron chi connectivity index (χ0n) is 6.29. The molecule has 1 amide bonds. The molecule has 1 aliphatic rings. The molecule has 9 heteroatoms. The lowest BCUT2D eigenvalue weighted by Crippen LogP contribution is -2.61. The standard InChI is InChI=1S/C5H3ClF5NOS/c6-4(7,8)3(5(9,10)11)12-2(13)1-14-3/h1H2,(H,12,13). The first-order valence-electron chi connectivity index (χ1n) is 3.18. The van der Waals surface area contributed by atoms with Gasteiger partial charge in [-0.05, 0) is 11.6 Å². The minimum absolute atomic E-state index is 0.256. The summed E-state index contributed by atoms with van der Waals surface area (Å²) in [5, 5.41) is -3.42. The maximum atomic E-state index is 12.6. The molecule has 82 valence electrons. The molecule has 2 nitrogen and oxygen atoms in total. The van der Waals surface area contributed by atoms with Gasteiger partial charge in [0.05, 0.1) is 5.75 Å². The molecule has 0 aromatic carbocycles. The highest BCUT2D eigenvalue weighted by molar-refractivity contribution is 8.02. The zero-order valence-corrected chi connectivity index (χ0v) is 7.86. The van der Waals surface area contributed by atoms with E-state index in [4.69, 9.17) is 0 Å². The van der Waals surface area contributed by atoms with E-state index in [-0.39, 0.29) is 11.8 Å². The van der Waals surface area contributed by atoms with E-state index in [9.17, 15) is 26.7 Å². The number of alkyl halides is 6. The van der Waals surface area contributed by atoms with Crippen LogP contribution < -0.4 is 5.32 Å². The molecule has 1 heterocycles. The Morgan fingerprint density at radius 2 is 1.86 bits per heavy atom. The minimum atomic E-state index is -5.31. The Kier molecular flexibility index (Phi) is 2.64. The molecule has 1 saturated heterocycles. The minimum Gasteiger partial charge on any atom is -0.327 e. The van der Waals surface area contributed by atoms with Crippen LogP contribution >= 0.6 is 23.4 Å². The summed E-state index contributed by atoms with van der Waals surface area (Å²) in [5.74, 6) is -1.81. The third-order valence-electron chi connectivity index (χ3n) is 1.53. The molecule has 1 unspecified atom stereocenters. The van der Waals surface area contributed by atoms with Crippen LogP contribution in [0.5, 0.6) is 0 Å². The second-order valence-corrected chi connectivity index (χ2v) is 4.18. The number of nitrogens with one attached hydrogen (secondary N) is 1. The number of amides is 1. The lowest BCUT2D eigenvalue weighted by molar-refractivity contribution is -0.206. The average Bonchev–Trinajstić information content (AvgIpc) is 2.28. The summed E-state index contributed by atoms with van der Waals surface area (Å²) in [5.41, 5.74) is 0. The summed E-state index contributed by atoms with van der Waals surface area (Å²) in [6.45, 7) is 0. The third-order valence-corrected chi connectivity index (χ3v) is 3.36. The maximum Gasteiger partial charge on any atom is 0.428 e. The van der Waals surface area contributed by atoms with Crippen molar-refractivity contribution in [1.82, 2.24) is 5.32 Å². The van der Waals surface area contributed by atoms with Gasteiger partial charge in [-0.3, -0.25) is 4.79 Å². The van der Waals surface area contributed by atoms with Crippen molar-refractivity contribution in [1.29, 1.82) is 0 Å². The first kappa shape index (κ1) is 11.8. The normalized spacial score (nSPS) is 29.1. The first-order valence-corrected chi connectivity index (χ1v) is 4.55. The summed E-state index contributed by atoms with van der Waals surface area (Å²) < 4.78 is 62.0. The largest absolute Gasteiger partial charge is 0.428 e. The number of rotatable bonds is 1. The van der Waals surface area contributed by atoms with Crippen molar-refractivity contribution < 1.29 is 26.7 Å². The van der Waals surface area contributed by atoms with Crippen LogP contribution in [0, 0.1) is 0 Å². The van der Waals surface area contributed by atoms with Gasteiger partial charge in [0.15, 0.2) is 0 Å². The van der Waals surface area contributed by atoms with E-state index in [1.165, 1.54) is 0 Å². The molecule has 1 atom stereocenters. The van der Waals surface area contributed by atoms with E-state index in [0.717, 1.165) is 5.32 Å². The Morgan fingerprint density at radius 3 is 2.00 bits per heavy atom. The van der Waals surface area contributed by atoms with E-state index in [1.807, 2.05) is 0 Å². The summed E-state index contributed by atoms with van der Waals surface area (Å²) in [6, 6.07) is 0. The topological polar surface area (TPSA) is 29.1 Å². The smallest absolute Gasteiger partial charge is 0.327 e. The number of hydrogen-bond acceptors (Lipinski definition) is 2. The summed E-state index contributed by atoms with van der Waals surface area (Å²) in [6.07, 6.45) is -5.31. The Bertz CT molecular complexity index is 248. The highest BCUT2D eigenvalue weighted by atomic mass is 35.5. The van der Waals surface area contributed by atoms with Crippen LogP contribution in [-0.2, 0) is 4.79 Å². The number of carbonyl (C=O) groups excluding carboxylic acids is 1. The van der Waals surface area contributed by atoms with Gasteiger partial charge >= 0.3 is 11.6 Å². The summed E-state index contributed by atoms with van der Waals surface area (Å²) in [4.78, 5) is 6.82. The van der Waals surface area contributed by atoms with Crippen LogP contribution in [-0.4, -0.2) is 28.1 Å². The predicted molar refractivity (Wildman–Crippen MR) is 40.2 cm³/mol. The van der Waals surface area contributed by atoms with Gasteiger partial charge in [-0.15, -0.1) is 11.8 Å². The van der Waals surface area contributed by atoms with Gasteiger partial charge in [0.1, 0.15) is 0 Å². The fourth-order valence-corrected chi connectivity index (χ4v) is 2.16. The van der Waals surface area contributed by atoms with Gasteiger partial charge in [-0.25, -0.2) is 0 Å². The lowest BCUT2D eigenvalue weighted by atomic mass is 10.3. The van der Waals surface area contributed by atoms with Crippen molar-refractivity contribution in [3.63, 3.8) is 0 Å². The molecule has 1 aliphatic heterocycles. The maximum absolute atomic E-state index is 12.6. The zero-order chi connectivity index (χ0) is 11.2. The van der Waals surface area contributed by atoms with E-state index in [2.05, 4.69) is 11.6 Å².